The van der Waals surface area contributed by atoms with Crippen LogP contribution in [0.2, 0.25) is 5.02 Å². The van der Waals surface area contributed by atoms with Crippen LogP contribution < -0.4 is 10.6 Å². The SMILES string of the molecule is Cc1c(Cl)cccc1NC(=O)/C(C#N)=C\Nc1ccc(C(=O)O)cc1. The zero-order valence-corrected chi connectivity index (χ0v) is 14.0. The van der Waals surface area contributed by atoms with Gasteiger partial charge in [0.1, 0.15) is 11.6 Å². The minimum Gasteiger partial charge on any atom is -0.478 e. The van der Waals surface area contributed by atoms with E-state index in [0.29, 0.717) is 22.0 Å². The maximum atomic E-state index is 12.2. The lowest BCUT2D eigenvalue weighted by atomic mass is 10.2. The van der Waals surface area contributed by atoms with Gasteiger partial charge in [-0.05, 0) is 48.9 Å². The van der Waals surface area contributed by atoms with Crippen LogP contribution in [-0.2, 0) is 4.79 Å². The largest absolute Gasteiger partial charge is 0.478 e. The number of nitriles is 1. The van der Waals surface area contributed by atoms with E-state index in [1.54, 1.807) is 25.1 Å². The van der Waals surface area contributed by atoms with Crippen molar-refractivity contribution in [1.82, 2.24) is 0 Å². The predicted octanol–water partition coefficient (Wildman–Crippen LogP) is 3.80. The van der Waals surface area contributed by atoms with Crippen molar-refractivity contribution in [2.45, 2.75) is 6.92 Å². The van der Waals surface area contributed by atoms with Gasteiger partial charge in [-0.1, -0.05) is 17.7 Å². The van der Waals surface area contributed by atoms with Crippen molar-refractivity contribution in [1.29, 1.82) is 5.26 Å². The lowest BCUT2D eigenvalue weighted by molar-refractivity contribution is -0.112. The molecule has 0 heterocycles. The van der Waals surface area contributed by atoms with Crippen molar-refractivity contribution in [2.24, 2.45) is 0 Å². The van der Waals surface area contributed by atoms with Crippen LogP contribution in [0.4, 0.5) is 11.4 Å². The van der Waals surface area contributed by atoms with E-state index in [4.69, 9.17) is 16.7 Å². The minimum absolute atomic E-state index is 0.137. The van der Waals surface area contributed by atoms with Crippen molar-refractivity contribution < 1.29 is 14.7 Å². The molecule has 0 saturated heterocycles. The van der Waals surface area contributed by atoms with Crippen LogP contribution >= 0.6 is 11.6 Å². The number of nitrogens with one attached hydrogen (secondary N) is 2. The number of amides is 1. The number of rotatable bonds is 5. The highest BCUT2D eigenvalue weighted by atomic mass is 35.5. The van der Waals surface area contributed by atoms with Gasteiger partial charge in [0.05, 0.1) is 5.56 Å². The van der Waals surface area contributed by atoms with Crippen LogP contribution in [-0.4, -0.2) is 17.0 Å². The first-order chi connectivity index (χ1) is 11.9. The molecule has 2 aromatic carbocycles. The molecule has 126 valence electrons. The number of carbonyl (C=O) groups excluding carboxylic acids is 1. The summed E-state index contributed by atoms with van der Waals surface area (Å²) in [7, 11) is 0. The van der Waals surface area contributed by atoms with Crippen LogP contribution in [0.25, 0.3) is 0 Å². The summed E-state index contributed by atoms with van der Waals surface area (Å²) in [6.45, 7) is 1.76. The second kappa shape index (κ2) is 7.99. The van der Waals surface area contributed by atoms with Gasteiger partial charge in [0.25, 0.3) is 5.91 Å². The van der Waals surface area contributed by atoms with Crippen LogP contribution in [0.1, 0.15) is 15.9 Å². The Hall–Kier alpha value is -3.30. The molecule has 0 unspecified atom stereocenters. The highest BCUT2D eigenvalue weighted by Crippen LogP contribution is 2.23. The lowest BCUT2D eigenvalue weighted by Gasteiger charge is -2.09. The van der Waals surface area contributed by atoms with E-state index in [-0.39, 0.29) is 11.1 Å². The lowest BCUT2D eigenvalue weighted by Crippen LogP contribution is -2.15. The Labute approximate surface area is 149 Å². The molecule has 1 amide bonds. The molecule has 0 saturated carbocycles. The van der Waals surface area contributed by atoms with Gasteiger partial charge in [0.15, 0.2) is 0 Å². The number of hydrogen-bond donors (Lipinski definition) is 3. The molecule has 25 heavy (non-hydrogen) atoms. The zero-order valence-electron chi connectivity index (χ0n) is 13.2. The molecule has 2 rings (SSSR count). The number of carboxylic acid groups (broad SMARTS) is 1. The summed E-state index contributed by atoms with van der Waals surface area (Å²) in [6.07, 6.45) is 1.25. The van der Waals surface area contributed by atoms with Gasteiger partial charge in [0, 0.05) is 22.6 Å². The van der Waals surface area contributed by atoms with E-state index in [9.17, 15) is 14.9 Å². The van der Waals surface area contributed by atoms with Crippen LogP contribution in [0.3, 0.4) is 0 Å². The number of carboxylic acids is 1. The number of nitrogens with zero attached hydrogens (tertiary/aromatic N) is 1. The molecule has 0 aliphatic rings. The van der Waals surface area contributed by atoms with E-state index < -0.39 is 11.9 Å². The predicted molar refractivity (Wildman–Crippen MR) is 95.5 cm³/mol. The standard InChI is InChI=1S/C18H14ClN3O3/c1-11-15(19)3-2-4-16(11)22-17(23)13(9-20)10-21-14-7-5-12(6-8-14)18(24)25/h2-8,10,21H,1H3,(H,22,23)(H,24,25)/b13-10-. The van der Waals surface area contributed by atoms with E-state index in [2.05, 4.69) is 10.6 Å². The van der Waals surface area contributed by atoms with Crippen molar-refractivity contribution in [3.8, 4) is 6.07 Å². The number of benzene rings is 2. The summed E-state index contributed by atoms with van der Waals surface area (Å²) < 4.78 is 0. The Morgan fingerprint density at radius 1 is 1.20 bits per heavy atom. The van der Waals surface area contributed by atoms with Gasteiger partial charge < -0.3 is 15.7 Å². The molecule has 7 heteroatoms. The Balaban J connectivity index is 2.11. The molecule has 0 bridgehead atoms. The van der Waals surface area contributed by atoms with Crippen LogP contribution in [0, 0.1) is 18.3 Å². The third-order valence-electron chi connectivity index (χ3n) is 3.40. The molecule has 6 nitrogen and oxygen atoms in total. The smallest absolute Gasteiger partial charge is 0.335 e. The maximum Gasteiger partial charge on any atom is 0.335 e. The number of aromatic carboxylic acids is 1. The van der Waals surface area contributed by atoms with Crippen molar-refractivity contribution in [2.75, 3.05) is 10.6 Å². The van der Waals surface area contributed by atoms with Gasteiger partial charge >= 0.3 is 5.97 Å². The number of carbonyl (C=O) groups is 2. The maximum absolute atomic E-state index is 12.2. The van der Waals surface area contributed by atoms with E-state index >= 15 is 0 Å². The number of hydrogen-bond acceptors (Lipinski definition) is 4. The second-order valence-corrected chi connectivity index (χ2v) is 5.47. The molecule has 0 spiro atoms. The molecule has 0 aromatic heterocycles. The highest BCUT2D eigenvalue weighted by molar-refractivity contribution is 6.31. The normalized spacial score (nSPS) is 10.7. The van der Waals surface area contributed by atoms with Gasteiger partial charge in [0.2, 0.25) is 0 Å². The van der Waals surface area contributed by atoms with Gasteiger partial charge in [-0.25, -0.2) is 4.79 Å². The first-order valence-corrected chi connectivity index (χ1v) is 7.57. The monoisotopic (exact) mass is 355 g/mol. The fourth-order valence-electron chi connectivity index (χ4n) is 1.95. The van der Waals surface area contributed by atoms with Gasteiger partial charge in [-0.15, -0.1) is 0 Å². The molecule has 0 atom stereocenters. The average Bonchev–Trinajstić information content (AvgIpc) is 2.60. The Morgan fingerprint density at radius 2 is 1.88 bits per heavy atom. The quantitative estimate of drug-likeness (QED) is 0.559. The average molecular weight is 356 g/mol. The fraction of sp³-hybridized carbons (Fsp3) is 0.0556. The Bertz CT molecular complexity index is 883. The van der Waals surface area contributed by atoms with E-state index in [1.165, 1.54) is 30.5 Å². The number of anilines is 2. The molecule has 3 N–H and O–H groups in total. The molecule has 0 radical (unpaired) electrons. The molecule has 0 fully saturated rings. The summed E-state index contributed by atoms with van der Waals surface area (Å²) in [4.78, 5) is 23.0. The topological polar surface area (TPSA) is 102 Å². The summed E-state index contributed by atoms with van der Waals surface area (Å²) in [5, 5.41) is 24.0. The van der Waals surface area contributed by atoms with Gasteiger partial charge in [-0.3, -0.25) is 4.79 Å². The summed E-state index contributed by atoms with van der Waals surface area (Å²) >= 11 is 6.00. The second-order valence-electron chi connectivity index (χ2n) is 5.06. The first kappa shape index (κ1) is 18.0. The van der Waals surface area contributed by atoms with Crippen molar-refractivity contribution >= 4 is 34.9 Å². The third kappa shape index (κ3) is 4.59. The molecule has 0 aliphatic carbocycles. The first-order valence-electron chi connectivity index (χ1n) is 7.19. The Morgan fingerprint density at radius 3 is 2.48 bits per heavy atom. The third-order valence-corrected chi connectivity index (χ3v) is 3.81. The van der Waals surface area contributed by atoms with Crippen LogP contribution in [0.15, 0.2) is 54.2 Å². The summed E-state index contributed by atoms with van der Waals surface area (Å²) in [6, 6.07) is 12.8. The number of halogens is 1. The van der Waals surface area contributed by atoms with E-state index in [1.807, 2.05) is 6.07 Å². The Kier molecular flexibility index (Phi) is 5.77. The molecular formula is C18H14ClN3O3. The summed E-state index contributed by atoms with van der Waals surface area (Å²) in [5.41, 5.74) is 1.77. The minimum atomic E-state index is -1.03. The van der Waals surface area contributed by atoms with Crippen molar-refractivity contribution in [3.63, 3.8) is 0 Å². The molecule has 2 aromatic rings. The zero-order chi connectivity index (χ0) is 18.4. The highest BCUT2D eigenvalue weighted by Gasteiger charge is 2.11. The molecular weight excluding hydrogens is 342 g/mol. The van der Waals surface area contributed by atoms with Crippen molar-refractivity contribution in [3.05, 3.63) is 70.4 Å². The molecule has 0 aliphatic heterocycles. The van der Waals surface area contributed by atoms with Crippen LogP contribution in [0.5, 0.6) is 0 Å². The summed E-state index contributed by atoms with van der Waals surface area (Å²) in [5.74, 6) is -1.61. The fourth-order valence-corrected chi connectivity index (χ4v) is 2.12. The van der Waals surface area contributed by atoms with E-state index in [0.717, 1.165) is 0 Å². The van der Waals surface area contributed by atoms with Gasteiger partial charge in [-0.2, -0.15) is 5.26 Å².